The second kappa shape index (κ2) is 5.33. The molecule has 0 bridgehead atoms. The largest absolute Gasteiger partial charge is 0.294 e. The molecule has 104 valence electrons. The molecule has 19 heavy (non-hydrogen) atoms. The van der Waals surface area contributed by atoms with Crippen LogP contribution in [0.3, 0.4) is 0 Å². The summed E-state index contributed by atoms with van der Waals surface area (Å²) in [6.45, 7) is 3.55. The van der Waals surface area contributed by atoms with Gasteiger partial charge in [-0.05, 0) is 49.9 Å². The normalized spacial score (nSPS) is 16.9. The minimum Gasteiger partial charge on any atom is -0.294 e. The molecular formula is C14H19NO3S. The zero-order valence-corrected chi connectivity index (χ0v) is 12.0. The number of carbonyl (C=O) groups is 1. The number of ketones is 1. The van der Waals surface area contributed by atoms with Gasteiger partial charge in [-0.2, -0.15) is 0 Å². The molecule has 1 fully saturated rings. The zero-order valence-electron chi connectivity index (χ0n) is 11.2. The van der Waals surface area contributed by atoms with Crippen molar-refractivity contribution >= 4 is 21.5 Å². The fourth-order valence-corrected chi connectivity index (χ4v) is 2.67. The first kappa shape index (κ1) is 14.1. The lowest BCUT2D eigenvalue weighted by atomic mass is 9.95. The third kappa shape index (κ3) is 3.56. The summed E-state index contributed by atoms with van der Waals surface area (Å²) in [5.74, 6) is 0.781. The molecule has 1 aromatic carbocycles. The highest BCUT2D eigenvalue weighted by molar-refractivity contribution is 7.92. The van der Waals surface area contributed by atoms with Crippen LogP contribution in [0.2, 0.25) is 0 Å². The van der Waals surface area contributed by atoms with Gasteiger partial charge in [-0.1, -0.05) is 6.92 Å². The summed E-state index contributed by atoms with van der Waals surface area (Å²) >= 11 is 0. The smallest absolute Gasteiger partial charge is 0.232 e. The first-order chi connectivity index (χ1) is 8.93. The molecule has 0 heterocycles. The fraction of sp³-hybridized carbons (Fsp3) is 0.500. The zero-order chi connectivity index (χ0) is 14.0. The predicted octanol–water partition coefficient (Wildman–Crippen LogP) is 2.68. The average molecular weight is 281 g/mol. The topological polar surface area (TPSA) is 63.2 Å². The molecule has 1 unspecified atom stereocenters. The number of hydrogen-bond donors (Lipinski definition) is 1. The van der Waals surface area contributed by atoms with E-state index in [9.17, 15) is 13.2 Å². The fourth-order valence-electron chi connectivity index (χ4n) is 2.03. The van der Waals surface area contributed by atoms with Crippen LogP contribution in [-0.2, 0) is 10.0 Å². The summed E-state index contributed by atoms with van der Waals surface area (Å²) in [5.41, 5.74) is 1.15. The molecule has 4 nitrogen and oxygen atoms in total. The van der Waals surface area contributed by atoms with E-state index in [1.165, 1.54) is 0 Å². The Bertz CT molecular complexity index is 559. The van der Waals surface area contributed by atoms with Gasteiger partial charge in [-0.3, -0.25) is 9.52 Å². The maximum absolute atomic E-state index is 12.1. The lowest BCUT2D eigenvalue weighted by molar-refractivity contribution is 0.0916. The summed E-state index contributed by atoms with van der Waals surface area (Å²) in [6, 6.07) is 6.66. The molecule has 0 aliphatic heterocycles. The van der Waals surface area contributed by atoms with Crippen molar-refractivity contribution in [3.05, 3.63) is 29.8 Å². The third-order valence-corrected chi connectivity index (χ3v) is 4.87. The first-order valence-electron chi connectivity index (χ1n) is 6.57. The maximum atomic E-state index is 12.1. The van der Waals surface area contributed by atoms with Crippen LogP contribution in [0.5, 0.6) is 0 Å². The molecule has 0 saturated heterocycles. The van der Waals surface area contributed by atoms with E-state index in [1.54, 1.807) is 31.2 Å². The molecule has 1 atom stereocenters. The number of nitrogens with one attached hydrogen (secondary N) is 1. The van der Waals surface area contributed by atoms with Gasteiger partial charge in [0.1, 0.15) is 0 Å². The van der Waals surface area contributed by atoms with E-state index in [4.69, 9.17) is 0 Å². The Morgan fingerprint density at radius 2 is 1.89 bits per heavy atom. The Kier molecular flexibility index (Phi) is 3.94. The lowest BCUT2D eigenvalue weighted by Gasteiger charge is -2.10. The van der Waals surface area contributed by atoms with E-state index in [0.29, 0.717) is 17.2 Å². The van der Waals surface area contributed by atoms with Crippen molar-refractivity contribution < 1.29 is 13.2 Å². The van der Waals surface area contributed by atoms with Gasteiger partial charge in [-0.25, -0.2) is 8.42 Å². The number of sulfonamides is 1. The second-order valence-electron chi connectivity index (χ2n) is 5.07. The van der Waals surface area contributed by atoms with Crippen molar-refractivity contribution in [1.82, 2.24) is 0 Å². The third-order valence-electron chi connectivity index (χ3n) is 3.57. The second-order valence-corrected chi connectivity index (χ2v) is 7.08. The number of carbonyl (C=O) groups excluding carboxylic acids is 1. The van der Waals surface area contributed by atoms with Crippen molar-refractivity contribution in [2.45, 2.75) is 26.7 Å². The molecule has 2 rings (SSSR count). The Labute approximate surface area is 114 Å². The van der Waals surface area contributed by atoms with Crippen molar-refractivity contribution in [2.24, 2.45) is 11.8 Å². The quantitative estimate of drug-likeness (QED) is 0.815. The van der Waals surface area contributed by atoms with E-state index < -0.39 is 10.0 Å². The van der Waals surface area contributed by atoms with Gasteiger partial charge < -0.3 is 0 Å². The van der Waals surface area contributed by atoms with Crippen molar-refractivity contribution in [3.8, 4) is 0 Å². The van der Waals surface area contributed by atoms with Crippen LogP contribution >= 0.6 is 0 Å². The number of hydrogen-bond acceptors (Lipinski definition) is 3. The summed E-state index contributed by atoms with van der Waals surface area (Å²) in [6.07, 6.45) is 2.28. The van der Waals surface area contributed by atoms with Gasteiger partial charge in [0.2, 0.25) is 10.0 Å². The highest BCUT2D eigenvalue weighted by Crippen LogP contribution is 2.38. The number of anilines is 1. The van der Waals surface area contributed by atoms with E-state index in [0.717, 1.165) is 12.8 Å². The van der Waals surface area contributed by atoms with Crippen molar-refractivity contribution in [3.63, 3.8) is 0 Å². The van der Waals surface area contributed by atoms with Crippen molar-refractivity contribution in [2.75, 3.05) is 10.5 Å². The minimum atomic E-state index is -3.26. The first-order valence-corrected chi connectivity index (χ1v) is 8.23. The molecule has 1 saturated carbocycles. The highest BCUT2D eigenvalue weighted by Gasteiger charge is 2.32. The molecule has 1 aliphatic rings. The van der Waals surface area contributed by atoms with E-state index in [1.807, 2.05) is 6.92 Å². The maximum Gasteiger partial charge on any atom is 0.232 e. The molecular weight excluding hydrogens is 262 g/mol. The number of Topliss-reactive ketones (excluding diaryl/α,β-unsaturated/α-hetero) is 1. The Morgan fingerprint density at radius 3 is 2.37 bits per heavy atom. The van der Waals surface area contributed by atoms with Gasteiger partial charge in [0.15, 0.2) is 5.78 Å². The predicted molar refractivity (Wildman–Crippen MR) is 75.7 cm³/mol. The van der Waals surface area contributed by atoms with Crippen LogP contribution in [-0.4, -0.2) is 20.0 Å². The van der Waals surface area contributed by atoms with Gasteiger partial charge in [0.25, 0.3) is 0 Å². The van der Waals surface area contributed by atoms with Crippen LogP contribution in [0.1, 0.15) is 37.0 Å². The van der Waals surface area contributed by atoms with E-state index in [2.05, 4.69) is 4.72 Å². The van der Waals surface area contributed by atoms with Crippen LogP contribution < -0.4 is 4.72 Å². The SMILES string of the molecule is CCS(=O)(=O)Nc1ccc(C(=O)C(C)C2CC2)cc1. The van der Waals surface area contributed by atoms with Crippen molar-refractivity contribution in [1.29, 1.82) is 0 Å². The average Bonchev–Trinajstić information content (AvgIpc) is 3.22. The minimum absolute atomic E-state index is 0.0341. The van der Waals surface area contributed by atoms with E-state index >= 15 is 0 Å². The van der Waals surface area contributed by atoms with Gasteiger partial charge in [0.05, 0.1) is 5.75 Å². The number of rotatable bonds is 6. The van der Waals surface area contributed by atoms with Crippen LogP contribution in [0.15, 0.2) is 24.3 Å². The molecule has 1 aromatic rings. The molecule has 5 heteroatoms. The van der Waals surface area contributed by atoms with Gasteiger partial charge in [-0.15, -0.1) is 0 Å². The Morgan fingerprint density at radius 1 is 1.32 bits per heavy atom. The summed E-state index contributed by atoms with van der Waals surface area (Å²) in [4.78, 5) is 12.1. The monoisotopic (exact) mass is 281 g/mol. The van der Waals surface area contributed by atoms with Gasteiger partial charge in [0, 0.05) is 17.2 Å². The lowest BCUT2D eigenvalue weighted by Crippen LogP contribution is -2.15. The standard InChI is InChI=1S/C14H19NO3S/c1-3-19(17,18)15-13-8-6-12(7-9-13)14(16)10(2)11-4-5-11/h6-11,15H,3-5H2,1-2H3. The van der Waals surface area contributed by atoms with Crippen LogP contribution in [0.25, 0.3) is 0 Å². The number of benzene rings is 1. The summed E-state index contributed by atoms with van der Waals surface area (Å²) < 4.78 is 25.3. The molecule has 1 aliphatic carbocycles. The summed E-state index contributed by atoms with van der Waals surface area (Å²) in [5, 5.41) is 0. The summed E-state index contributed by atoms with van der Waals surface area (Å²) in [7, 11) is -3.26. The molecule has 0 spiro atoms. The molecule has 0 amide bonds. The van der Waals surface area contributed by atoms with E-state index in [-0.39, 0.29) is 17.5 Å². The van der Waals surface area contributed by atoms with Crippen LogP contribution in [0, 0.1) is 11.8 Å². The van der Waals surface area contributed by atoms with Gasteiger partial charge >= 0.3 is 0 Å². The Hall–Kier alpha value is -1.36. The highest BCUT2D eigenvalue weighted by atomic mass is 32.2. The Balaban J connectivity index is 2.07. The molecule has 1 N–H and O–H groups in total. The molecule has 0 radical (unpaired) electrons. The van der Waals surface area contributed by atoms with Crippen LogP contribution in [0.4, 0.5) is 5.69 Å². The molecule has 0 aromatic heterocycles.